The second-order valence-electron chi connectivity index (χ2n) is 5.90. The summed E-state index contributed by atoms with van der Waals surface area (Å²) >= 11 is 0. The first-order valence-corrected chi connectivity index (χ1v) is 8.24. The van der Waals surface area contributed by atoms with Gasteiger partial charge in [-0.25, -0.2) is 9.48 Å². The molecule has 2 aromatic heterocycles. The molecule has 0 saturated heterocycles. The first-order valence-electron chi connectivity index (χ1n) is 8.24. The van der Waals surface area contributed by atoms with Gasteiger partial charge in [-0.1, -0.05) is 17.3 Å². The molecule has 0 unspecified atom stereocenters. The number of carbonyl (C=O) groups is 1. The van der Waals surface area contributed by atoms with Gasteiger partial charge in [-0.15, -0.1) is 5.10 Å². The Hall–Kier alpha value is -3.81. The average molecular weight is 361 g/mol. The Balaban J connectivity index is 1.49. The topological polar surface area (TPSA) is 91.9 Å². The summed E-state index contributed by atoms with van der Waals surface area (Å²) in [4.78, 5) is 24.6. The molecule has 2 heterocycles. The molecule has 27 heavy (non-hydrogen) atoms. The molecule has 8 heteroatoms. The number of hydrogen-bond acceptors (Lipinski definition) is 6. The molecule has 0 aliphatic carbocycles. The van der Waals surface area contributed by atoms with E-state index in [1.54, 1.807) is 59.4 Å². The minimum Gasteiger partial charge on any atom is -0.439 e. The second-order valence-corrected chi connectivity index (χ2v) is 5.90. The largest absolute Gasteiger partial charge is 0.439 e. The van der Waals surface area contributed by atoms with Crippen LogP contribution in [0.1, 0.15) is 16.1 Å². The highest BCUT2D eigenvalue weighted by atomic mass is 16.5. The van der Waals surface area contributed by atoms with E-state index in [-0.39, 0.29) is 12.3 Å². The number of fused-ring (bicyclic) bond motifs is 1. The van der Waals surface area contributed by atoms with Crippen LogP contribution in [-0.4, -0.2) is 30.7 Å². The lowest BCUT2D eigenvalue weighted by Gasteiger charge is -2.08. The van der Waals surface area contributed by atoms with Crippen LogP contribution < -0.4 is 5.56 Å². The molecular weight excluding hydrogens is 346 g/mol. The lowest BCUT2D eigenvalue weighted by Crippen LogP contribution is -2.26. The van der Waals surface area contributed by atoms with Crippen LogP contribution in [-0.2, 0) is 11.5 Å². The predicted molar refractivity (Wildman–Crippen MR) is 97.5 cm³/mol. The summed E-state index contributed by atoms with van der Waals surface area (Å²) in [6, 6.07) is 15.6. The van der Waals surface area contributed by atoms with Crippen LogP contribution in [0.4, 0.5) is 0 Å². The third-order valence-electron chi connectivity index (χ3n) is 4.13. The highest BCUT2D eigenvalue weighted by Crippen LogP contribution is 2.12. The average Bonchev–Trinajstić information content (AvgIpc) is 3.13. The summed E-state index contributed by atoms with van der Waals surface area (Å²) in [5.41, 5.74) is 2.32. The third kappa shape index (κ3) is 3.20. The van der Waals surface area contributed by atoms with Crippen molar-refractivity contribution in [1.29, 1.82) is 0 Å². The van der Waals surface area contributed by atoms with Crippen LogP contribution in [0.2, 0.25) is 0 Å². The minimum absolute atomic E-state index is 0.310. The van der Waals surface area contributed by atoms with E-state index in [2.05, 4.69) is 15.4 Å². The van der Waals surface area contributed by atoms with Gasteiger partial charge in [-0.3, -0.25) is 4.79 Å². The van der Waals surface area contributed by atoms with Gasteiger partial charge >= 0.3 is 5.97 Å². The molecule has 0 aliphatic heterocycles. The molecule has 0 radical (unpaired) electrons. The molecule has 4 aromatic rings. The molecule has 0 amide bonds. The van der Waals surface area contributed by atoms with Gasteiger partial charge in [-0.2, -0.15) is 9.78 Å². The summed E-state index contributed by atoms with van der Waals surface area (Å²) in [5, 5.41) is 12.4. The molecule has 4 rings (SSSR count). The fourth-order valence-corrected chi connectivity index (χ4v) is 2.69. The van der Waals surface area contributed by atoms with Crippen LogP contribution in [0.25, 0.3) is 16.6 Å². The highest BCUT2D eigenvalue weighted by molar-refractivity contribution is 5.89. The predicted octanol–water partition coefficient (Wildman–Crippen LogP) is 2.10. The maximum Gasteiger partial charge on any atom is 0.339 e. The van der Waals surface area contributed by atoms with Crippen molar-refractivity contribution in [2.75, 3.05) is 0 Å². The summed E-state index contributed by atoms with van der Waals surface area (Å²) in [5.74, 6) is -0.555. The van der Waals surface area contributed by atoms with Crippen molar-refractivity contribution in [3.63, 3.8) is 0 Å². The Kier molecular flexibility index (Phi) is 4.21. The van der Waals surface area contributed by atoms with Gasteiger partial charge in [0.05, 0.1) is 16.6 Å². The van der Waals surface area contributed by atoms with Crippen molar-refractivity contribution in [3.8, 4) is 5.69 Å². The van der Waals surface area contributed by atoms with E-state index in [1.807, 2.05) is 13.0 Å². The Morgan fingerprint density at radius 3 is 2.59 bits per heavy atom. The molecule has 0 aliphatic rings. The molecule has 0 N–H and O–H groups in total. The Morgan fingerprint density at radius 1 is 1.07 bits per heavy atom. The smallest absolute Gasteiger partial charge is 0.339 e. The number of aryl methyl sites for hydroxylation is 1. The van der Waals surface area contributed by atoms with E-state index >= 15 is 0 Å². The van der Waals surface area contributed by atoms with Gasteiger partial charge in [0.15, 0.2) is 6.73 Å². The number of carbonyl (C=O) groups excluding carboxylic acids is 1. The molecule has 0 bridgehead atoms. The highest BCUT2D eigenvalue weighted by Gasteiger charge is 2.11. The minimum atomic E-state index is -0.555. The summed E-state index contributed by atoms with van der Waals surface area (Å²) < 4.78 is 7.98. The molecule has 134 valence electrons. The lowest BCUT2D eigenvalue weighted by atomic mass is 10.2. The van der Waals surface area contributed by atoms with Crippen LogP contribution in [0.15, 0.2) is 65.6 Å². The Labute approximate surface area is 153 Å². The van der Waals surface area contributed by atoms with E-state index in [4.69, 9.17) is 4.74 Å². The number of nitrogens with zero attached hydrogens (tertiary/aromatic N) is 5. The van der Waals surface area contributed by atoms with Gasteiger partial charge in [0.25, 0.3) is 5.56 Å². The maximum absolute atomic E-state index is 12.3. The van der Waals surface area contributed by atoms with Gasteiger partial charge in [0.2, 0.25) is 0 Å². The van der Waals surface area contributed by atoms with Gasteiger partial charge < -0.3 is 4.74 Å². The van der Waals surface area contributed by atoms with Gasteiger partial charge in [0.1, 0.15) is 5.52 Å². The molecule has 0 spiro atoms. The number of ether oxygens (including phenoxy) is 1. The van der Waals surface area contributed by atoms with Crippen molar-refractivity contribution >= 4 is 16.9 Å². The standard InChI is InChI=1S/C19H15N5O3/c1-13-10-11-20-24(13)15-8-6-14(7-9-15)19(26)27-12-23-18(25)16-4-2-3-5-17(16)21-22-23/h2-11H,12H2,1H3. The SMILES string of the molecule is Cc1ccnn1-c1ccc(C(=O)OCn2nnc3ccccc3c2=O)cc1. The molecule has 0 saturated carbocycles. The first-order chi connectivity index (χ1) is 13.1. The van der Waals surface area contributed by atoms with E-state index in [0.29, 0.717) is 16.5 Å². The molecular formula is C19H15N5O3. The fraction of sp³-hybridized carbons (Fsp3) is 0.105. The van der Waals surface area contributed by atoms with Crippen LogP contribution in [0.5, 0.6) is 0 Å². The zero-order valence-corrected chi connectivity index (χ0v) is 14.4. The van der Waals surface area contributed by atoms with Crippen molar-refractivity contribution < 1.29 is 9.53 Å². The monoisotopic (exact) mass is 361 g/mol. The number of hydrogen-bond donors (Lipinski definition) is 0. The quantitative estimate of drug-likeness (QED) is 0.517. The first kappa shape index (κ1) is 16.6. The summed E-state index contributed by atoms with van der Waals surface area (Å²) in [6.07, 6.45) is 1.71. The van der Waals surface area contributed by atoms with Crippen LogP contribution in [0.3, 0.4) is 0 Å². The fourth-order valence-electron chi connectivity index (χ4n) is 2.69. The second kappa shape index (κ2) is 6.83. The number of rotatable bonds is 4. The summed E-state index contributed by atoms with van der Waals surface area (Å²) in [7, 11) is 0. The van der Waals surface area contributed by atoms with E-state index in [1.165, 1.54) is 0 Å². The molecule has 0 atom stereocenters. The molecule has 8 nitrogen and oxygen atoms in total. The van der Waals surface area contributed by atoms with Crippen molar-refractivity contribution in [2.24, 2.45) is 0 Å². The Bertz CT molecular complexity index is 1180. The third-order valence-corrected chi connectivity index (χ3v) is 4.13. The van der Waals surface area contributed by atoms with E-state index in [0.717, 1.165) is 16.1 Å². The Morgan fingerprint density at radius 2 is 1.85 bits per heavy atom. The van der Waals surface area contributed by atoms with E-state index in [9.17, 15) is 9.59 Å². The van der Waals surface area contributed by atoms with Crippen LogP contribution >= 0.6 is 0 Å². The zero-order chi connectivity index (χ0) is 18.8. The van der Waals surface area contributed by atoms with Crippen molar-refractivity contribution in [2.45, 2.75) is 13.7 Å². The van der Waals surface area contributed by atoms with Crippen molar-refractivity contribution in [3.05, 3.63) is 82.4 Å². The number of benzene rings is 2. The van der Waals surface area contributed by atoms with Gasteiger partial charge in [-0.05, 0) is 49.4 Å². The van der Waals surface area contributed by atoms with Gasteiger partial charge in [0, 0.05) is 11.9 Å². The maximum atomic E-state index is 12.3. The number of aromatic nitrogens is 5. The molecule has 0 fully saturated rings. The number of esters is 1. The van der Waals surface area contributed by atoms with E-state index < -0.39 is 5.97 Å². The van der Waals surface area contributed by atoms with Crippen LogP contribution in [0, 0.1) is 6.92 Å². The lowest BCUT2D eigenvalue weighted by molar-refractivity contribution is 0.0336. The normalized spacial score (nSPS) is 10.9. The summed E-state index contributed by atoms with van der Waals surface area (Å²) in [6.45, 7) is 1.63. The molecule has 2 aromatic carbocycles. The zero-order valence-electron chi connectivity index (χ0n) is 14.4. The van der Waals surface area contributed by atoms with Crippen molar-refractivity contribution in [1.82, 2.24) is 24.8 Å².